The number of fused-ring (bicyclic) bond motifs is 4. The fourth-order valence-corrected chi connectivity index (χ4v) is 5.93. The highest BCUT2D eigenvalue weighted by Crippen LogP contribution is 2.47. The third-order valence-corrected chi connectivity index (χ3v) is 7.41. The molecule has 2 heterocycles. The van der Waals surface area contributed by atoms with Gasteiger partial charge in [0.15, 0.2) is 0 Å². The second-order valence-electron chi connectivity index (χ2n) is 9.02. The summed E-state index contributed by atoms with van der Waals surface area (Å²) in [6, 6.07) is 7.96. The van der Waals surface area contributed by atoms with E-state index in [4.69, 9.17) is 4.74 Å². The van der Waals surface area contributed by atoms with Crippen molar-refractivity contribution >= 4 is 0 Å². The van der Waals surface area contributed by atoms with Gasteiger partial charge in [0.05, 0.1) is 7.11 Å². The first-order valence-corrected chi connectivity index (χ1v) is 10.3. The third-order valence-electron chi connectivity index (χ3n) is 7.41. The predicted octanol–water partition coefficient (Wildman–Crippen LogP) is 2.51. The van der Waals surface area contributed by atoms with E-state index in [0.29, 0.717) is 12.1 Å². The molecular weight excluding hydrogens is 322 g/mol. The first-order chi connectivity index (χ1) is 12.5. The lowest BCUT2D eigenvalue weighted by molar-refractivity contribution is -0.00510. The summed E-state index contributed by atoms with van der Waals surface area (Å²) in [6.07, 6.45) is 5.02. The van der Waals surface area contributed by atoms with E-state index in [9.17, 15) is 0 Å². The number of ether oxygens (including phenoxy) is 1. The average Bonchev–Trinajstić information content (AvgIpc) is 2.65. The minimum atomic E-state index is 0.209. The number of methoxy groups -OCH3 is 1. The Hall–Kier alpha value is -1.10. The van der Waals surface area contributed by atoms with E-state index >= 15 is 0 Å². The molecule has 3 aliphatic rings. The molecular formula is C22H35N3O. The molecule has 4 heteroatoms. The molecule has 4 nitrogen and oxygen atoms in total. The van der Waals surface area contributed by atoms with Gasteiger partial charge in [-0.3, -0.25) is 0 Å². The molecule has 2 saturated heterocycles. The van der Waals surface area contributed by atoms with Gasteiger partial charge in [0.25, 0.3) is 0 Å². The van der Waals surface area contributed by atoms with Crippen LogP contribution in [0.3, 0.4) is 0 Å². The van der Waals surface area contributed by atoms with E-state index in [1.165, 1.54) is 56.6 Å². The number of hydrogen-bond acceptors (Lipinski definition) is 4. The summed E-state index contributed by atoms with van der Waals surface area (Å²) < 4.78 is 5.57. The Labute approximate surface area is 158 Å². The molecule has 3 atom stereocenters. The lowest BCUT2D eigenvalue weighted by Gasteiger charge is -2.58. The van der Waals surface area contributed by atoms with Crippen molar-refractivity contribution in [3.63, 3.8) is 0 Å². The van der Waals surface area contributed by atoms with Crippen molar-refractivity contribution in [2.24, 2.45) is 5.92 Å². The van der Waals surface area contributed by atoms with Crippen molar-refractivity contribution in [2.45, 2.75) is 50.1 Å². The summed E-state index contributed by atoms with van der Waals surface area (Å²) in [5.74, 6) is 1.84. The van der Waals surface area contributed by atoms with Gasteiger partial charge in [-0.15, -0.1) is 0 Å². The van der Waals surface area contributed by atoms with Crippen LogP contribution in [0.25, 0.3) is 0 Å². The van der Waals surface area contributed by atoms with Crippen molar-refractivity contribution in [2.75, 3.05) is 47.4 Å². The van der Waals surface area contributed by atoms with Gasteiger partial charge < -0.3 is 19.9 Å². The van der Waals surface area contributed by atoms with Gasteiger partial charge >= 0.3 is 0 Å². The zero-order chi connectivity index (χ0) is 18.3. The van der Waals surface area contributed by atoms with Gasteiger partial charge in [-0.2, -0.15) is 0 Å². The number of rotatable bonds is 4. The maximum atomic E-state index is 5.57. The summed E-state index contributed by atoms with van der Waals surface area (Å²) in [5, 5.41) is 3.51. The molecule has 1 aliphatic carbocycles. The van der Waals surface area contributed by atoms with Gasteiger partial charge in [-0.05, 0) is 88.6 Å². The van der Waals surface area contributed by atoms with E-state index < -0.39 is 0 Å². The molecule has 2 aliphatic heterocycles. The smallest absolute Gasteiger partial charge is 0.119 e. The van der Waals surface area contributed by atoms with Crippen LogP contribution in [-0.4, -0.2) is 69.3 Å². The Bertz CT molecular complexity index is 642. The number of hydrogen-bond donors (Lipinski definition) is 1. The first-order valence-electron chi connectivity index (χ1n) is 10.3. The van der Waals surface area contributed by atoms with Crippen LogP contribution in [0, 0.1) is 5.92 Å². The molecule has 0 radical (unpaired) electrons. The van der Waals surface area contributed by atoms with E-state index in [1.54, 1.807) is 7.11 Å². The molecule has 1 aromatic rings. The standard InChI is InChI=1S/C22H35N3O/c1-22-9-12-24(2)20(13-17-5-6-18(26-4)14-19(17)22)21(22)25(3)15-16-7-10-23-11-8-16/h5-6,14,16,20-21,23H,7-13,15H2,1-4H3/t20-,21-,22+/m1/s1. The van der Waals surface area contributed by atoms with E-state index in [1.807, 2.05) is 0 Å². The molecule has 2 bridgehead atoms. The summed E-state index contributed by atoms with van der Waals surface area (Å²) in [7, 11) is 6.48. The highest BCUT2D eigenvalue weighted by atomic mass is 16.5. The summed E-state index contributed by atoms with van der Waals surface area (Å²) in [6.45, 7) is 7.29. The molecule has 0 amide bonds. The fourth-order valence-electron chi connectivity index (χ4n) is 5.93. The number of nitrogens with zero attached hydrogens (tertiary/aromatic N) is 2. The maximum Gasteiger partial charge on any atom is 0.119 e. The minimum Gasteiger partial charge on any atom is -0.497 e. The van der Waals surface area contributed by atoms with Crippen LogP contribution >= 0.6 is 0 Å². The van der Waals surface area contributed by atoms with Crippen molar-refractivity contribution < 1.29 is 4.74 Å². The van der Waals surface area contributed by atoms with Crippen LogP contribution in [0.1, 0.15) is 37.3 Å². The largest absolute Gasteiger partial charge is 0.497 e. The Balaban J connectivity index is 1.66. The predicted molar refractivity (Wildman–Crippen MR) is 107 cm³/mol. The third kappa shape index (κ3) is 3.06. The van der Waals surface area contributed by atoms with Crippen molar-refractivity contribution in [3.05, 3.63) is 29.3 Å². The maximum absolute atomic E-state index is 5.57. The van der Waals surface area contributed by atoms with Crippen LogP contribution in [0.4, 0.5) is 0 Å². The van der Waals surface area contributed by atoms with Crippen molar-refractivity contribution in [3.8, 4) is 5.75 Å². The molecule has 4 rings (SSSR count). The lowest BCUT2D eigenvalue weighted by Crippen LogP contribution is -2.66. The zero-order valence-electron chi connectivity index (χ0n) is 16.9. The van der Waals surface area contributed by atoms with Crippen LogP contribution < -0.4 is 10.1 Å². The second kappa shape index (κ2) is 7.14. The molecule has 26 heavy (non-hydrogen) atoms. The van der Waals surface area contributed by atoms with Crippen LogP contribution in [0.2, 0.25) is 0 Å². The number of piperidine rings is 2. The topological polar surface area (TPSA) is 27.7 Å². The molecule has 1 aromatic carbocycles. The van der Waals surface area contributed by atoms with Gasteiger partial charge in [0.2, 0.25) is 0 Å². The normalized spacial score (nSPS) is 32.5. The average molecular weight is 358 g/mol. The van der Waals surface area contributed by atoms with Crippen LogP contribution in [0.5, 0.6) is 5.75 Å². The number of nitrogens with one attached hydrogen (secondary N) is 1. The van der Waals surface area contributed by atoms with Crippen molar-refractivity contribution in [1.29, 1.82) is 0 Å². The number of benzene rings is 1. The van der Waals surface area contributed by atoms with E-state index in [2.05, 4.69) is 54.3 Å². The first kappa shape index (κ1) is 18.3. The lowest BCUT2D eigenvalue weighted by atomic mass is 9.61. The molecule has 0 aromatic heterocycles. The van der Waals surface area contributed by atoms with Gasteiger partial charge in [0, 0.05) is 24.0 Å². The highest BCUT2D eigenvalue weighted by molar-refractivity contribution is 5.45. The van der Waals surface area contributed by atoms with E-state index in [0.717, 1.165) is 18.1 Å². The monoisotopic (exact) mass is 357 g/mol. The Morgan fingerprint density at radius 1 is 1.31 bits per heavy atom. The summed E-state index contributed by atoms with van der Waals surface area (Å²) in [5.41, 5.74) is 3.26. The summed E-state index contributed by atoms with van der Waals surface area (Å²) in [4.78, 5) is 5.32. The molecule has 1 N–H and O–H groups in total. The molecule has 0 unspecified atom stereocenters. The molecule has 0 saturated carbocycles. The van der Waals surface area contributed by atoms with E-state index in [-0.39, 0.29) is 5.41 Å². The Kier molecular flexibility index (Phi) is 5.02. The number of likely N-dealkylation sites (tertiary alicyclic amines) is 1. The quantitative estimate of drug-likeness (QED) is 0.896. The molecule has 144 valence electrons. The van der Waals surface area contributed by atoms with Gasteiger partial charge in [0.1, 0.15) is 5.75 Å². The Morgan fingerprint density at radius 2 is 2.08 bits per heavy atom. The second-order valence-corrected chi connectivity index (χ2v) is 9.02. The van der Waals surface area contributed by atoms with Gasteiger partial charge in [-0.25, -0.2) is 0 Å². The molecule has 2 fully saturated rings. The molecule has 0 spiro atoms. The fraction of sp³-hybridized carbons (Fsp3) is 0.727. The minimum absolute atomic E-state index is 0.209. The number of likely N-dealkylation sites (N-methyl/N-ethyl adjacent to an activating group) is 2. The summed E-state index contributed by atoms with van der Waals surface area (Å²) >= 11 is 0. The Morgan fingerprint density at radius 3 is 2.81 bits per heavy atom. The van der Waals surface area contributed by atoms with Crippen molar-refractivity contribution in [1.82, 2.24) is 15.1 Å². The van der Waals surface area contributed by atoms with Crippen LogP contribution in [-0.2, 0) is 11.8 Å². The zero-order valence-corrected chi connectivity index (χ0v) is 16.9. The SMILES string of the molecule is COc1ccc2c(c1)[C@]1(C)CCN(C)[C@H](C2)[C@H]1N(C)CC1CCNCC1. The van der Waals surface area contributed by atoms with Crippen LogP contribution in [0.15, 0.2) is 18.2 Å². The highest BCUT2D eigenvalue weighted by Gasteiger charge is 2.51. The van der Waals surface area contributed by atoms with Gasteiger partial charge in [-0.1, -0.05) is 13.0 Å².